The molecule has 1 aromatic heterocycles. The van der Waals surface area contributed by atoms with Gasteiger partial charge in [0.25, 0.3) is 0 Å². The van der Waals surface area contributed by atoms with E-state index in [1.807, 2.05) is 0 Å². The van der Waals surface area contributed by atoms with Gasteiger partial charge in [0.05, 0.1) is 10.9 Å². The van der Waals surface area contributed by atoms with Gasteiger partial charge in [-0.3, -0.25) is 4.79 Å². The molecular weight excluding hydrogens is 332 g/mol. The summed E-state index contributed by atoms with van der Waals surface area (Å²) >= 11 is 5.86. The molecule has 5 nitrogen and oxygen atoms in total. The van der Waals surface area contributed by atoms with Crippen LogP contribution in [0.25, 0.3) is 22.1 Å². The third-order valence-electron chi connectivity index (χ3n) is 3.56. The van der Waals surface area contributed by atoms with Crippen LogP contribution >= 0.6 is 11.6 Å². The first-order valence-electron chi connectivity index (χ1n) is 7.16. The molecule has 1 heterocycles. The van der Waals surface area contributed by atoms with Crippen LogP contribution in [0.15, 0.2) is 57.9 Å². The SMILES string of the molecule is CC(Oc1ccc2c(=O)c(-c3ccc(Cl)cc3)coc2c1)C(=O)O. The van der Waals surface area contributed by atoms with Crippen LogP contribution < -0.4 is 10.2 Å². The molecule has 6 heteroatoms. The molecule has 3 aromatic rings. The summed E-state index contributed by atoms with van der Waals surface area (Å²) in [6, 6.07) is 11.5. The van der Waals surface area contributed by atoms with Gasteiger partial charge in [0, 0.05) is 11.1 Å². The van der Waals surface area contributed by atoms with Crippen molar-refractivity contribution in [3.63, 3.8) is 0 Å². The lowest BCUT2D eigenvalue weighted by Crippen LogP contribution is -2.22. The van der Waals surface area contributed by atoms with Gasteiger partial charge in [-0.2, -0.15) is 0 Å². The van der Waals surface area contributed by atoms with E-state index in [-0.39, 0.29) is 5.43 Å². The van der Waals surface area contributed by atoms with Crippen molar-refractivity contribution in [1.82, 2.24) is 0 Å². The first-order chi connectivity index (χ1) is 11.5. The highest BCUT2D eigenvalue weighted by atomic mass is 35.5. The standard InChI is InChI=1S/C18H13ClO5/c1-10(18(21)22)24-13-6-7-14-16(8-13)23-9-15(17(14)20)11-2-4-12(19)5-3-11/h2-10H,1H3,(H,21,22). The average Bonchev–Trinajstić information content (AvgIpc) is 2.56. The lowest BCUT2D eigenvalue weighted by atomic mass is 10.1. The third-order valence-corrected chi connectivity index (χ3v) is 3.81. The maximum absolute atomic E-state index is 12.6. The molecule has 0 radical (unpaired) electrons. The highest BCUT2D eigenvalue weighted by Gasteiger charge is 2.14. The number of benzene rings is 2. The molecule has 0 aliphatic heterocycles. The van der Waals surface area contributed by atoms with Crippen LogP contribution in [0.2, 0.25) is 5.02 Å². The van der Waals surface area contributed by atoms with Crippen LogP contribution in [0.5, 0.6) is 5.75 Å². The second-order valence-electron chi connectivity index (χ2n) is 5.24. The monoisotopic (exact) mass is 344 g/mol. The molecule has 2 aromatic carbocycles. The molecule has 0 spiro atoms. The van der Waals surface area contributed by atoms with Crippen molar-refractivity contribution in [2.75, 3.05) is 0 Å². The number of carbonyl (C=O) groups is 1. The number of rotatable bonds is 4. The minimum absolute atomic E-state index is 0.184. The van der Waals surface area contributed by atoms with Gasteiger partial charge < -0.3 is 14.3 Å². The summed E-state index contributed by atoms with van der Waals surface area (Å²) in [5, 5.41) is 9.84. The van der Waals surface area contributed by atoms with E-state index in [1.54, 1.807) is 36.4 Å². The highest BCUT2D eigenvalue weighted by Crippen LogP contribution is 2.24. The Morgan fingerprint density at radius 1 is 1.21 bits per heavy atom. The highest BCUT2D eigenvalue weighted by molar-refractivity contribution is 6.30. The van der Waals surface area contributed by atoms with Crippen molar-refractivity contribution in [1.29, 1.82) is 0 Å². The van der Waals surface area contributed by atoms with Crippen LogP contribution in [0.3, 0.4) is 0 Å². The van der Waals surface area contributed by atoms with Gasteiger partial charge in [-0.25, -0.2) is 4.79 Å². The van der Waals surface area contributed by atoms with Crippen molar-refractivity contribution in [2.45, 2.75) is 13.0 Å². The lowest BCUT2D eigenvalue weighted by Gasteiger charge is -2.10. The third kappa shape index (κ3) is 3.12. The summed E-state index contributed by atoms with van der Waals surface area (Å²) in [5.74, 6) is -0.755. The number of aliphatic carboxylic acids is 1. The molecule has 0 bridgehead atoms. The Morgan fingerprint density at radius 3 is 2.58 bits per heavy atom. The summed E-state index contributed by atoms with van der Waals surface area (Å²) in [4.78, 5) is 23.5. The summed E-state index contributed by atoms with van der Waals surface area (Å²) < 4.78 is 10.8. The predicted octanol–water partition coefficient (Wildman–Crippen LogP) is 3.97. The molecular formula is C18H13ClO5. The van der Waals surface area contributed by atoms with Gasteiger partial charge >= 0.3 is 5.97 Å². The fraction of sp³-hybridized carbons (Fsp3) is 0.111. The number of hydrogen-bond donors (Lipinski definition) is 1. The zero-order valence-electron chi connectivity index (χ0n) is 12.7. The Morgan fingerprint density at radius 2 is 1.92 bits per heavy atom. The first-order valence-corrected chi connectivity index (χ1v) is 7.54. The summed E-state index contributed by atoms with van der Waals surface area (Å²) in [6.45, 7) is 1.42. The molecule has 0 fully saturated rings. The normalized spacial score (nSPS) is 12.1. The van der Waals surface area contributed by atoms with E-state index < -0.39 is 12.1 Å². The van der Waals surface area contributed by atoms with E-state index in [1.165, 1.54) is 19.3 Å². The Bertz CT molecular complexity index is 959. The molecule has 0 saturated heterocycles. The molecule has 1 atom stereocenters. The Labute approximate surface area is 142 Å². The Kier molecular flexibility index (Phi) is 4.27. The number of carboxylic acids is 1. The van der Waals surface area contributed by atoms with Gasteiger partial charge in [-0.05, 0) is 36.8 Å². The zero-order chi connectivity index (χ0) is 17.3. The minimum atomic E-state index is -1.07. The average molecular weight is 345 g/mol. The topological polar surface area (TPSA) is 76.7 Å². The fourth-order valence-electron chi connectivity index (χ4n) is 2.27. The van der Waals surface area contributed by atoms with Gasteiger partial charge in [-0.15, -0.1) is 0 Å². The molecule has 122 valence electrons. The van der Waals surface area contributed by atoms with Gasteiger partial charge in [0.15, 0.2) is 11.5 Å². The minimum Gasteiger partial charge on any atom is -0.479 e. The van der Waals surface area contributed by atoms with Gasteiger partial charge in [0.1, 0.15) is 17.6 Å². The van der Waals surface area contributed by atoms with Crippen LogP contribution in [-0.2, 0) is 4.79 Å². The lowest BCUT2D eigenvalue weighted by molar-refractivity contribution is -0.144. The van der Waals surface area contributed by atoms with Crippen molar-refractivity contribution in [2.24, 2.45) is 0 Å². The molecule has 1 unspecified atom stereocenters. The number of fused-ring (bicyclic) bond motifs is 1. The first kappa shape index (κ1) is 16.1. The quantitative estimate of drug-likeness (QED) is 0.775. The van der Waals surface area contributed by atoms with Gasteiger partial charge in [0.2, 0.25) is 0 Å². The number of hydrogen-bond acceptors (Lipinski definition) is 4. The van der Waals surface area contributed by atoms with Crippen LogP contribution in [0, 0.1) is 0 Å². The molecule has 3 rings (SSSR count). The number of halogens is 1. The largest absolute Gasteiger partial charge is 0.479 e. The summed E-state index contributed by atoms with van der Waals surface area (Å²) in [6.07, 6.45) is 0.376. The maximum atomic E-state index is 12.6. The van der Waals surface area contributed by atoms with Crippen molar-refractivity contribution < 1.29 is 19.1 Å². The van der Waals surface area contributed by atoms with Crippen LogP contribution in [-0.4, -0.2) is 17.2 Å². The van der Waals surface area contributed by atoms with E-state index in [0.717, 1.165) is 0 Å². The number of ether oxygens (including phenoxy) is 1. The van der Waals surface area contributed by atoms with Gasteiger partial charge in [-0.1, -0.05) is 23.7 Å². The second-order valence-corrected chi connectivity index (χ2v) is 5.68. The van der Waals surface area contributed by atoms with E-state index in [2.05, 4.69) is 0 Å². The van der Waals surface area contributed by atoms with E-state index >= 15 is 0 Å². The maximum Gasteiger partial charge on any atom is 0.344 e. The second kappa shape index (κ2) is 6.37. The van der Waals surface area contributed by atoms with E-state index in [4.69, 9.17) is 25.9 Å². The van der Waals surface area contributed by atoms with Crippen molar-refractivity contribution in [3.8, 4) is 16.9 Å². The summed E-state index contributed by atoms with van der Waals surface area (Å²) in [5.41, 5.74) is 1.27. The number of carboxylic acid groups (broad SMARTS) is 1. The Balaban J connectivity index is 2.02. The van der Waals surface area contributed by atoms with Crippen molar-refractivity contribution >= 4 is 28.5 Å². The molecule has 1 N–H and O–H groups in total. The van der Waals surface area contributed by atoms with E-state index in [9.17, 15) is 9.59 Å². The zero-order valence-corrected chi connectivity index (χ0v) is 13.4. The van der Waals surface area contributed by atoms with Crippen LogP contribution in [0.1, 0.15) is 6.92 Å². The molecule has 0 amide bonds. The Hall–Kier alpha value is -2.79. The van der Waals surface area contributed by atoms with Crippen molar-refractivity contribution in [3.05, 3.63) is 64.0 Å². The molecule has 24 heavy (non-hydrogen) atoms. The fourth-order valence-corrected chi connectivity index (χ4v) is 2.39. The predicted molar refractivity (Wildman–Crippen MR) is 90.7 cm³/mol. The molecule has 0 saturated carbocycles. The summed E-state index contributed by atoms with van der Waals surface area (Å²) in [7, 11) is 0. The molecule has 0 aliphatic carbocycles. The van der Waals surface area contributed by atoms with E-state index in [0.29, 0.717) is 32.9 Å². The van der Waals surface area contributed by atoms with Crippen LogP contribution in [0.4, 0.5) is 0 Å². The molecule has 0 aliphatic rings. The smallest absolute Gasteiger partial charge is 0.344 e.